The van der Waals surface area contributed by atoms with E-state index in [9.17, 15) is 13.6 Å². The summed E-state index contributed by atoms with van der Waals surface area (Å²) in [5, 5.41) is 10.1. The van der Waals surface area contributed by atoms with Gasteiger partial charge in [0.1, 0.15) is 18.0 Å². The molecule has 0 aromatic carbocycles. The number of rotatable bonds is 5. The van der Waals surface area contributed by atoms with Crippen molar-refractivity contribution in [2.24, 2.45) is 11.8 Å². The van der Waals surface area contributed by atoms with E-state index in [1.54, 1.807) is 6.20 Å². The van der Waals surface area contributed by atoms with Gasteiger partial charge in [0, 0.05) is 25.7 Å². The average Bonchev–Trinajstić information content (AvgIpc) is 3.33. The summed E-state index contributed by atoms with van der Waals surface area (Å²) in [5.74, 6) is 1.56. The highest BCUT2D eigenvalue weighted by atomic mass is 19.3. The van der Waals surface area contributed by atoms with Crippen LogP contribution in [0.25, 0.3) is 17.5 Å². The number of aromatic amines is 1. The number of hydrogen-bond acceptors (Lipinski definition) is 6. The largest absolute Gasteiger partial charge is 0.356 e. The number of carbonyl (C=O) groups excluding carboxylic acids is 1. The standard InChI is InChI=1S/C18H19F2N7O/c19-17(20)12(21)1-2-15-22-7-14(26-15)13-5-16(25-9-24-13)27-4-3-10-6-23-18(28)11(10)8-27/h1-2,5,7,9-11,17,21H,3-4,6,8H2,(H,22,26)(H,23,28)/b2-1-,21-12?. The zero-order chi connectivity index (χ0) is 19.7. The van der Waals surface area contributed by atoms with E-state index >= 15 is 0 Å². The van der Waals surface area contributed by atoms with Gasteiger partial charge in [0.25, 0.3) is 6.43 Å². The molecule has 8 nitrogen and oxygen atoms in total. The van der Waals surface area contributed by atoms with E-state index in [-0.39, 0.29) is 11.8 Å². The fourth-order valence-corrected chi connectivity index (χ4v) is 3.57. The summed E-state index contributed by atoms with van der Waals surface area (Å²) in [6.45, 7) is 2.19. The molecular weight excluding hydrogens is 368 g/mol. The molecule has 3 N–H and O–H groups in total. The molecule has 0 bridgehead atoms. The van der Waals surface area contributed by atoms with Crippen LogP contribution in [0.2, 0.25) is 0 Å². The number of nitrogens with one attached hydrogen (secondary N) is 3. The van der Waals surface area contributed by atoms with Gasteiger partial charge >= 0.3 is 0 Å². The van der Waals surface area contributed by atoms with Crippen LogP contribution in [0.5, 0.6) is 0 Å². The van der Waals surface area contributed by atoms with E-state index in [0.29, 0.717) is 29.7 Å². The first-order valence-corrected chi connectivity index (χ1v) is 8.96. The minimum absolute atomic E-state index is 0.0128. The van der Waals surface area contributed by atoms with Crippen molar-refractivity contribution in [2.45, 2.75) is 12.8 Å². The fourth-order valence-electron chi connectivity index (χ4n) is 3.57. The molecule has 0 spiro atoms. The number of fused-ring (bicyclic) bond motifs is 1. The van der Waals surface area contributed by atoms with Crippen LogP contribution in [0.1, 0.15) is 12.2 Å². The molecule has 10 heteroatoms. The van der Waals surface area contributed by atoms with Crippen molar-refractivity contribution in [3.05, 3.63) is 30.5 Å². The molecule has 146 valence electrons. The highest BCUT2D eigenvalue weighted by molar-refractivity contribution is 5.97. The van der Waals surface area contributed by atoms with Gasteiger partial charge in [-0.3, -0.25) is 10.2 Å². The summed E-state index contributed by atoms with van der Waals surface area (Å²) >= 11 is 0. The molecule has 2 fully saturated rings. The highest BCUT2D eigenvalue weighted by Crippen LogP contribution is 2.30. The lowest BCUT2D eigenvalue weighted by atomic mass is 9.88. The number of amides is 1. The Bertz CT molecular complexity index is 926. The third kappa shape index (κ3) is 3.62. The van der Waals surface area contributed by atoms with Crippen LogP contribution < -0.4 is 10.2 Å². The Morgan fingerprint density at radius 2 is 2.21 bits per heavy atom. The zero-order valence-electron chi connectivity index (χ0n) is 14.9. The Kier molecular flexibility index (Phi) is 4.84. The van der Waals surface area contributed by atoms with E-state index in [0.717, 1.165) is 31.4 Å². The molecule has 2 atom stereocenters. The molecular formula is C18H19F2N7O. The van der Waals surface area contributed by atoms with E-state index in [4.69, 9.17) is 5.41 Å². The molecule has 0 saturated carbocycles. The van der Waals surface area contributed by atoms with E-state index in [2.05, 4.69) is 30.2 Å². The normalized spacial score (nSPS) is 22.0. The summed E-state index contributed by atoms with van der Waals surface area (Å²) in [6.07, 6.45) is 3.45. The van der Waals surface area contributed by atoms with Gasteiger partial charge in [-0.25, -0.2) is 23.7 Å². The minimum Gasteiger partial charge on any atom is -0.356 e. The Labute approximate surface area is 159 Å². The molecule has 2 unspecified atom stereocenters. The fraction of sp³-hybridized carbons (Fsp3) is 0.389. The van der Waals surface area contributed by atoms with Crippen LogP contribution in [0.4, 0.5) is 14.6 Å². The summed E-state index contributed by atoms with van der Waals surface area (Å²) in [4.78, 5) is 29.7. The molecule has 1 amide bonds. The Morgan fingerprint density at radius 1 is 1.36 bits per heavy atom. The summed E-state index contributed by atoms with van der Waals surface area (Å²) < 4.78 is 24.7. The molecule has 2 aliphatic rings. The lowest BCUT2D eigenvalue weighted by Gasteiger charge is -2.34. The van der Waals surface area contributed by atoms with Gasteiger partial charge in [-0.05, 0) is 24.5 Å². The number of carbonyl (C=O) groups is 1. The zero-order valence-corrected chi connectivity index (χ0v) is 14.9. The predicted molar refractivity (Wildman–Crippen MR) is 99.2 cm³/mol. The summed E-state index contributed by atoms with van der Waals surface area (Å²) in [6, 6.07) is 1.81. The van der Waals surface area contributed by atoms with Crippen LogP contribution in [-0.2, 0) is 4.79 Å². The van der Waals surface area contributed by atoms with Crippen LogP contribution in [-0.4, -0.2) is 57.6 Å². The maximum Gasteiger partial charge on any atom is 0.279 e. The predicted octanol–water partition coefficient (Wildman–Crippen LogP) is 1.74. The van der Waals surface area contributed by atoms with Gasteiger partial charge in [0.2, 0.25) is 5.91 Å². The first-order valence-electron chi connectivity index (χ1n) is 8.96. The lowest BCUT2D eigenvalue weighted by molar-refractivity contribution is -0.122. The number of anilines is 1. The Balaban J connectivity index is 1.50. The number of hydrogen-bond donors (Lipinski definition) is 3. The van der Waals surface area contributed by atoms with Crippen molar-refractivity contribution in [3.8, 4) is 11.4 Å². The Hall–Kier alpha value is -3.17. The molecule has 0 radical (unpaired) electrons. The second-order valence-corrected chi connectivity index (χ2v) is 6.88. The SMILES string of the molecule is N=C(/C=C\c1ncc(-c2cc(N3CCC4CNC(=O)C4C3)ncn2)[nH]1)C(F)F. The molecule has 2 saturated heterocycles. The maximum absolute atomic E-state index is 12.4. The quantitative estimate of drug-likeness (QED) is 0.677. The van der Waals surface area contributed by atoms with Crippen LogP contribution in [0, 0.1) is 17.2 Å². The topological polar surface area (TPSA) is 111 Å². The monoisotopic (exact) mass is 387 g/mol. The molecule has 2 aromatic rings. The minimum atomic E-state index is -2.82. The van der Waals surface area contributed by atoms with Crippen molar-refractivity contribution < 1.29 is 13.6 Å². The first kappa shape index (κ1) is 18.2. The number of imidazole rings is 1. The van der Waals surface area contributed by atoms with Crippen molar-refractivity contribution in [2.75, 3.05) is 24.5 Å². The molecule has 4 rings (SSSR count). The number of halogens is 2. The third-order valence-corrected chi connectivity index (χ3v) is 5.14. The number of H-pyrrole nitrogens is 1. The van der Waals surface area contributed by atoms with E-state index in [1.165, 1.54) is 12.4 Å². The van der Waals surface area contributed by atoms with Gasteiger partial charge in [0.15, 0.2) is 0 Å². The number of piperidine rings is 1. The number of alkyl halides is 2. The first-order chi connectivity index (χ1) is 13.5. The second kappa shape index (κ2) is 7.45. The van der Waals surface area contributed by atoms with Gasteiger partial charge < -0.3 is 15.2 Å². The molecule has 2 aromatic heterocycles. The maximum atomic E-state index is 12.4. The third-order valence-electron chi connectivity index (χ3n) is 5.14. The highest BCUT2D eigenvalue weighted by Gasteiger charge is 2.39. The summed E-state index contributed by atoms with van der Waals surface area (Å²) in [7, 11) is 0. The van der Waals surface area contributed by atoms with Crippen molar-refractivity contribution >= 4 is 23.5 Å². The van der Waals surface area contributed by atoms with Crippen LogP contribution in [0.15, 0.2) is 24.7 Å². The van der Waals surface area contributed by atoms with Gasteiger partial charge in [-0.2, -0.15) is 0 Å². The lowest BCUT2D eigenvalue weighted by Crippen LogP contribution is -2.41. The molecule has 2 aliphatic heterocycles. The van der Waals surface area contributed by atoms with Crippen molar-refractivity contribution in [1.82, 2.24) is 25.3 Å². The van der Waals surface area contributed by atoms with Crippen molar-refractivity contribution in [1.29, 1.82) is 5.41 Å². The molecule has 0 aliphatic carbocycles. The Morgan fingerprint density at radius 3 is 3.04 bits per heavy atom. The number of allylic oxidation sites excluding steroid dienone is 1. The smallest absolute Gasteiger partial charge is 0.279 e. The number of aromatic nitrogens is 4. The molecule has 28 heavy (non-hydrogen) atoms. The van der Waals surface area contributed by atoms with E-state index < -0.39 is 12.1 Å². The van der Waals surface area contributed by atoms with Gasteiger partial charge in [-0.1, -0.05) is 0 Å². The van der Waals surface area contributed by atoms with Crippen LogP contribution in [0.3, 0.4) is 0 Å². The van der Waals surface area contributed by atoms with Gasteiger partial charge in [0.05, 0.1) is 29.2 Å². The number of nitrogens with zero attached hydrogens (tertiary/aromatic N) is 4. The van der Waals surface area contributed by atoms with Crippen LogP contribution >= 0.6 is 0 Å². The summed E-state index contributed by atoms with van der Waals surface area (Å²) in [5.41, 5.74) is 0.445. The van der Waals surface area contributed by atoms with Gasteiger partial charge in [-0.15, -0.1) is 0 Å². The van der Waals surface area contributed by atoms with Crippen molar-refractivity contribution in [3.63, 3.8) is 0 Å². The molecule has 4 heterocycles. The average molecular weight is 387 g/mol. The second-order valence-electron chi connectivity index (χ2n) is 6.88. The van der Waals surface area contributed by atoms with E-state index in [1.807, 2.05) is 6.07 Å².